The Bertz CT molecular complexity index is 1260. The SMILES string of the molecule is COc1ccc(-c2nc(CC(=O)Nc3ccc(-c4noc(=O)[nH]4)cc3)cs2)cc1OC. The van der Waals surface area contributed by atoms with Crippen molar-refractivity contribution >= 4 is 22.9 Å². The van der Waals surface area contributed by atoms with Crippen LogP contribution in [-0.2, 0) is 11.2 Å². The number of hydrogen-bond acceptors (Lipinski definition) is 8. The number of nitrogens with zero attached hydrogens (tertiary/aromatic N) is 2. The Morgan fingerprint density at radius 1 is 1.10 bits per heavy atom. The zero-order chi connectivity index (χ0) is 21.8. The molecule has 2 aromatic heterocycles. The molecule has 10 heteroatoms. The van der Waals surface area contributed by atoms with Crippen molar-refractivity contribution in [2.24, 2.45) is 0 Å². The van der Waals surface area contributed by atoms with Gasteiger partial charge in [0, 0.05) is 22.2 Å². The summed E-state index contributed by atoms with van der Waals surface area (Å²) in [5, 5.41) is 9.10. The Kier molecular flexibility index (Phi) is 5.80. The molecule has 2 aromatic carbocycles. The van der Waals surface area contributed by atoms with E-state index in [-0.39, 0.29) is 12.3 Å². The first kappa shape index (κ1) is 20.4. The third-order valence-electron chi connectivity index (χ3n) is 4.41. The van der Waals surface area contributed by atoms with E-state index in [1.165, 1.54) is 11.3 Å². The van der Waals surface area contributed by atoms with E-state index in [0.717, 1.165) is 10.6 Å². The summed E-state index contributed by atoms with van der Waals surface area (Å²) in [5.41, 5.74) is 2.85. The van der Waals surface area contributed by atoms with Crippen molar-refractivity contribution in [3.8, 4) is 33.5 Å². The lowest BCUT2D eigenvalue weighted by molar-refractivity contribution is -0.115. The maximum atomic E-state index is 12.4. The molecule has 0 aliphatic heterocycles. The second-order valence-corrected chi connectivity index (χ2v) is 7.32. The van der Waals surface area contributed by atoms with Crippen LogP contribution in [0.3, 0.4) is 0 Å². The summed E-state index contributed by atoms with van der Waals surface area (Å²) in [4.78, 5) is 30.5. The van der Waals surface area contributed by atoms with Gasteiger partial charge >= 0.3 is 5.76 Å². The zero-order valence-corrected chi connectivity index (χ0v) is 17.5. The van der Waals surface area contributed by atoms with Gasteiger partial charge in [0.05, 0.1) is 26.3 Å². The van der Waals surface area contributed by atoms with Crippen LogP contribution in [0.1, 0.15) is 5.69 Å². The maximum Gasteiger partial charge on any atom is 0.439 e. The van der Waals surface area contributed by atoms with Gasteiger partial charge in [-0.05, 0) is 42.5 Å². The number of amides is 1. The predicted octanol–water partition coefficient (Wildman–Crippen LogP) is 3.35. The van der Waals surface area contributed by atoms with Crippen molar-refractivity contribution in [3.63, 3.8) is 0 Å². The van der Waals surface area contributed by atoms with Gasteiger partial charge < -0.3 is 14.8 Å². The number of carbonyl (C=O) groups is 1. The number of thiazole rings is 1. The van der Waals surface area contributed by atoms with Gasteiger partial charge in [0.2, 0.25) is 5.91 Å². The van der Waals surface area contributed by atoms with E-state index < -0.39 is 5.76 Å². The Labute approximate surface area is 180 Å². The molecule has 0 bridgehead atoms. The molecular weight excluding hydrogens is 420 g/mol. The molecule has 1 amide bonds. The van der Waals surface area contributed by atoms with Gasteiger partial charge in [-0.15, -0.1) is 11.3 Å². The van der Waals surface area contributed by atoms with Crippen molar-refractivity contribution in [3.05, 3.63) is 64.1 Å². The Hall–Kier alpha value is -3.92. The number of aromatic amines is 1. The first-order chi connectivity index (χ1) is 15.1. The van der Waals surface area contributed by atoms with Gasteiger partial charge in [-0.25, -0.2) is 9.78 Å². The van der Waals surface area contributed by atoms with Crippen molar-refractivity contribution in [1.29, 1.82) is 0 Å². The molecule has 0 saturated heterocycles. The fourth-order valence-electron chi connectivity index (χ4n) is 2.93. The molecule has 4 aromatic rings. The molecule has 0 saturated carbocycles. The topological polar surface area (TPSA) is 119 Å². The van der Waals surface area contributed by atoms with Crippen molar-refractivity contribution in [2.45, 2.75) is 6.42 Å². The van der Waals surface area contributed by atoms with Crippen LogP contribution < -0.4 is 20.5 Å². The number of rotatable bonds is 7. The molecule has 0 aliphatic carbocycles. The molecule has 158 valence electrons. The minimum atomic E-state index is -0.622. The van der Waals surface area contributed by atoms with Gasteiger partial charge in [0.1, 0.15) is 5.01 Å². The highest BCUT2D eigenvalue weighted by atomic mass is 32.1. The maximum absolute atomic E-state index is 12.4. The molecule has 0 unspecified atom stereocenters. The van der Waals surface area contributed by atoms with Gasteiger partial charge in [-0.3, -0.25) is 14.3 Å². The van der Waals surface area contributed by atoms with Crippen LogP contribution in [-0.4, -0.2) is 35.3 Å². The predicted molar refractivity (Wildman–Crippen MR) is 116 cm³/mol. The minimum Gasteiger partial charge on any atom is -0.493 e. The van der Waals surface area contributed by atoms with Crippen LogP contribution in [0.4, 0.5) is 5.69 Å². The highest BCUT2D eigenvalue weighted by Gasteiger charge is 2.12. The molecule has 9 nitrogen and oxygen atoms in total. The van der Waals surface area contributed by atoms with E-state index in [9.17, 15) is 9.59 Å². The summed E-state index contributed by atoms with van der Waals surface area (Å²) >= 11 is 1.45. The van der Waals surface area contributed by atoms with Gasteiger partial charge in [0.25, 0.3) is 0 Å². The first-order valence-electron chi connectivity index (χ1n) is 9.19. The second kappa shape index (κ2) is 8.84. The van der Waals surface area contributed by atoms with E-state index in [1.54, 1.807) is 38.5 Å². The van der Waals surface area contributed by atoms with Crippen LogP contribution in [0.25, 0.3) is 22.0 Å². The fourth-order valence-corrected chi connectivity index (χ4v) is 3.74. The molecule has 0 fully saturated rings. The van der Waals surface area contributed by atoms with Crippen LogP contribution in [0.5, 0.6) is 11.5 Å². The number of hydrogen-bond donors (Lipinski definition) is 2. The first-order valence-corrected chi connectivity index (χ1v) is 10.1. The molecular formula is C21H18N4O5S. The van der Waals surface area contributed by atoms with E-state index in [2.05, 4.69) is 25.0 Å². The quantitative estimate of drug-likeness (QED) is 0.454. The van der Waals surface area contributed by atoms with Gasteiger partial charge in [-0.1, -0.05) is 5.16 Å². The standard InChI is InChI=1S/C21H18N4O5S/c1-28-16-8-5-13(9-17(16)29-2)20-23-15(11-31-20)10-18(26)22-14-6-3-12(4-7-14)19-24-21(27)30-25-19/h3-9,11H,10H2,1-2H3,(H,22,26)(H,24,25,27). The summed E-state index contributed by atoms with van der Waals surface area (Å²) in [7, 11) is 3.16. The monoisotopic (exact) mass is 438 g/mol. The molecule has 0 spiro atoms. The van der Waals surface area contributed by atoms with E-state index in [1.807, 2.05) is 23.6 Å². The molecule has 2 heterocycles. The summed E-state index contributed by atoms with van der Waals surface area (Å²) < 4.78 is 15.1. The highest BCUT2D eigenvalue weighted by Crippen LogP contribution is 2.33. The van der Waals surface area contributed by atoms with Gasteiger partial charge in [-0.2, -0.15) is 0 Å². The lowest BCUT2D eigenvalue weighted by Crippen LogP contribution is -2.14. The Morgan fingerprint density at radius 2 is 1.84 bits per heavy atom. The van der Waals surface area contributed by atoms with Crippen molar-refractivity contribution in [1.82, 2.24) is 15.1 Å². The highest BCUT2D eigenvalue weighted by molar-refractivity contribution is 7.13. The molecule has 4 rings (SSSR count). The van der Waals surface area contributed by atoms with E-state index in [4.69, 9.17) is 9.47 Å². The van der Waals surface area contributed by atoms with E-state index >= 15 is 0 Å². The van der Waals surface area contributed by atoms with Crippen molar-refractivity contribution in [2.75, 3.05) is 19.5 Å². The van der Waals surface area contributed by atoms with Crippen LogP contribution in [0.15, 0.2) is 57.2 Å². The minimum absolute atomic E-state index is 0.141. The smallest absolute Gasteiger partial charge is 0.439 e. The summed E-state index contributed by atoms with van der Waals surface area (Å²) in [6, 6.07) is 12.5. The van der Waals surface area contributed by atoms with Crippen molar-refractivity contribution < 1.29 is 18.8 Å². The fraction of sp³-hybridized carbons (Fsp3) is 0.143. The molecule has 0 aliphatic rings. The lowest BCUT2D eigenvalue weighted by atomic mass is 10.2. The number of H-pyrrole nitrogens is 1. The zero-order valence-electron chi connectivity index (χ0n) is 16.7. The summed E-state index contributed by atoms with van der Waals surface area (Å²) in [6.45, 7) is 0. The van der Waals surface area contributed by atoms with Gasteiger partial charge in [0.15, 0.2) is 17.3 Å². The number of carbonyl (C=O) groups excluding carboxylic acids is 1. The van der Waals surface area contributed by atoms with Crippen LogP contribution in [0, 0.1) is 0 Å². The number of ether oxygens (including phenoxy) is 2. The largest absolute Gasteiger partial charge is 0.493 e. The molecule has 2 N–H and O–H groups in total. The number of benzene rings is 2. The Balaban J connectivity index is 1.40. The summed E-state index contributed by atoms with van der Waals surface area (Å²) in [6.07, 6.45) is 0.141. The second-order valence-electron chi connectivity index (χ2n) is 6.46. The van der Waals surface area contributed by atoms with E-state index in [0.29, 0.717) is 34.3 Å². The summed E-state index contributed by atoms with van der Waals surface area (Å²) in [5.74, 6) is 0.777. The number of methoxy groups -OCH3 is 2. The average molecular weight is 438 g/mol. The Morgan fingerprint density at radius 3 is 2.52 bits per heavy atom. The molecule has 0 atom stereocenters. The number of nitrogens with one attached hydrogen (secondary N) is 2. The van der Waals surface area contributed by atoms with Crippen LogP contribution in [0.2, 0.25) is 0 Å². The normalized spacial score (nSPS) is 10.6. The third kappa shape index (κ3) is 4.64. The molecule has 0 radical (unpaired) electrons. The average Bonchev–Trinajstić information content (AvgIpc) is 3.43. The van der Waals surface area contributed by atoms with Crippen LogP contribution >= 0.6 is 11.3 Å². The third-order valence-corrected chi connectivity index (χ3v) is 5.35. The molecule has 31 heavy (non-hydrogen) atoms. The number of aromatic nitrogens is 3. The number of anilines is 1. The lowest BCUT2D eigenvalue weighted by Gasteiger charge is -2.08.